The molecular formula is C16H25FN2. The van der Waals surface area contributed by atoms with Gasteiger partial charge in [-0.3, -0.25) is 4.90 Å². The van der Waals surface area contributed by atoms with E-state index in [0.29, 0.717) is 11.6 Å². The van der Waals surface area contributed by atoms with Crippen LogP contribution in [0, 0.1) is 12.7 Å². The largest absolute Gasteiger partial charge is 0.313 e. The van der Waals surface area contributed by atoms with Crippen LogP contribution in [-0.2, 0) is 0 Å². The summed E-state index contributed by atoms with van der Waals surface area (Å²) in [6.07, 6.45) is 3.86. The van der Waals surface area contributed by atoms with E-state index in [2.05, 4.69) is 24.2 Å². The van der Waals surface area contributed by atoms with E-state index >= 15 is 0 Å². The Bertz CT molecular complexity index is 413. The first-order valence-electron chi connectivity index (χ1n) is 7.27. The minimum absolute atomic E-state index is 0.103. The van der Waals surface area contributed by atoms with Crippen molar-refractivity contribution in [2.24, 2.45) is 0 Å². The SMILES string of the molecule is Cc1ccc(C(C)N(C)CC2CCCCN2)cc1F. The van der Waals surface area contributed by atoms with Crippen molar-refractivity contribution < 1.29 is 4.39 Å². The number of likely N-dealkylation sites (N-methyl/N-ethyl adjacent to an activating group) is 1. The second-order valence-corrected chi connectivity index (χ2v) is 5.77. The molecule has 1 heterocycles. The Morgan fingerprint density at radius 3 is 2.84 bits per heavy atom. The van der Waals surface area contributed by atoms with Gasteiger partial charge in [-0.2, -0.15) is 0 Å². The third-order valence-corrected chi connectivity index (χ3v) is 4.26. The topological polar surface area (TPSA) is 15.3 Å². The standard InChI is InChI=1S/C16H25FN2/c1-12-7-8-14(10-16(12)17)13(2)19(3)11-15-6-4-5-9-18-15/h7-8,10,13,15,18H,4-6,9,11H2,1-3H3. The second-order valence-electron chi connectivity index (χ2n) is 5.77. The molecule has 0 aromatic heterocycles. The predicted molar refractivity (Wildman–Crippen MR) is 77.8 cm³/mol. The van der Waals surface area contributed by atoms with Crippen LogP contribution < -0.4 is 5.32 Å². The van der Waals surface area contributed by atoms with Crippen molar-refractivity contribution in [2.75, 3.05) is 20.1 Å². The van der Waals surface area contributed by atoms with Crippen LogP contribution in [0.2, 0.25) is 0 Å². The van der Waals surface area contributed by atoms with Gasteiger partial charge >= 0.3 is 0 Å². The van der Waals surface area contributed by atoms with Crippen molar-refractivity contribution in [3.63, 3.8) is 0 Å². The fourth-order valence-electron chi connectivity index (χ4n) is 2.71. The summed E-state index contributed by atoms with van der Waals surface area (Å²) in [5.74, 6) is -0.103. The van der Waals surface area contributed by atoms with Gasteiger partial charge in [0.05, 0.1) is 0 Å². The average molecular weight is 264 g/mol. The van der Waals surface area contributed by atoms with Crippen molar-refractivity contribution in [1.82, 2.24) is 10.2 Å². The number of piperidine rings is 1. The maximum absolute atomic E-state index is 13.6. The number of hydrogen-bond acceptors (Lipinski definition) is 2. The van der Waals surface area contributed by atoms with Gasteiger partial charge in [-0.25, -0.2) is 4.39 Å². The fraction of sp³-hybridized carbons (Fsp3) is 0.625. The first-order chi connectivity index (χ1) is 9.08. The number of hydrogen-bond donors (Lipinski definition) is 1. The summed E-state index contributed by atoms with van der Waals surface area (Å²) in [6, 6.07) is 6.40. The summed E-state index contributed by atoms with van der Waals surface area (Å²) in [5, 5.41) is 3.56. The summed E-state index contributed by atoms with van der Waals surface area (Å²) in [4.78, 5) is 2.31. The third-order valence-electron chi connectivity index (χ3n) is 4.26. The van der Waals surface area contributed by atoms with E-state index in [1.807, 2.05) is 12.1 Å². The lowest BCUT2D eigenvalue weighted by molar-refractivity contribution is 0.214. The zero-order chi connectivity index (χ0) is 13.8. The molecule has 0 radical (unpaired) electrons. The molecule has 1 aromatic carbocycles. The van der Waals surface area contributed by atoms with Gasteiger partial charge in [0.15, 0.2) is 0 Å². The Hall–Kier alpha value is -0.930. The van der Waals surface area contributed by atoms with Crippen LogP contribution in [0.5, 0.6) is 0 Å². The van der Waals surface area contributed by atoms with Crippen molar-refractivity contribution in [1.29, 1.82) is 0 Å². The molecule has 1 fully saturated rings. The molecular weight excluding hydrogens is 239 g/mol. The molecule has 2 nitrogen and oxygen atoms in total. The van der Waals surface area contributed by atoms with Gasteiger partial charge in [0.1, 0.15) is 5.82 Å². The van der Waals surface area contributed by atoms with Gasteiger partial charge in [-0.05, 0) is 57.5 Å². The molecule has 1 N–H and O–H groups in total. The lowest BCUT2D eigenvalue weighted by Crippen LogP contribution is -2.43. The maximum Gasteiger partial charge on any atom is 0.126 e. The molecule has 0 spiro atoms. The molecule has 1 saturated heterocycles. The molecule has 2 rings (SSSR count). The zero-order valence-corrected chi connectivity index (χ0v) is 12.2. The molecule has 3 heteroatoms. The lowest BCUT2D eigenvalue weighted by Gasteiger charge is -2.32. The molecule has 1 aliphatic heterocycles. The molecule has 106 valence electrons. The van der Waals surface area contributed by atoms with E-state index in [9.17, 15) is 4.39 Å². The van der Waals surface area contributed by atoms with Gasteiger partial charge in [0.25, 0.3) is 0 Å². The van der Waals surface area contributed by atoms with Crippen LogP contribution >= 0.6 is 0 Å². The van der Waals surface area contributed by atoms with Crippen LogP contribution in [0.4, 0.5) is 4.39 Å². The van der Waals surface area contributed by atoms with Crippen molar-refractivity contribution in [3.05, 3.63) is 35.1 Å². The molecule has 0 aliphatic carbocycles. The molecule has 0 amide bonds. The average Bonchev–Trinajstić information content (AvgIpc) is 2.42. The molecule has 1 aliphatic rings. The summed E-state index contributed by atoms with van der Waals surface area (Å²) in [7, 11) is 2.12. The number of nitrogens with zero attached hydrogens (tertiary/aromatic N) is 1. The van der Waals surface area contributed by atoms with E-state index in [-0.39, 0.29) is 11.9 Å². The summed E-state index contributed by atoms with van der Waals surface area (Å²) in [5.41, 5.74) is 1.77. The van der Waals surface area contributed by atoms with Crippen LogP contribution in [-0.4, -0.2) is 31.1 Å². The van der Waals surface area contributed by atoms with Gasteiger partial charge < -0.3 is 5.32 Å². The molecule has 2 unspecified atom stereocenters. The van der Waals surface area contributed by atoms with Gasteiger partial charge in [-0.15, -0.1) is 0 Å². The Morgan fingerprint density at radius 1 is 1.42 bits per heavy atom. The second kappa shape index (κ2) is 6.49. The Morgan fingerprint density at radius 2 is 2.21 bits per heavy atom. The Kier molecular flexibility index (Phi) is 4.94. The number of nitrogens with one attached hydrogen (secondary N) is 1. The quantitative estimate of drug-likeness (QED) is 0.898. The Balaban J connectivity index is 1.97. The molecule has 1 aromatic rings. The van der Waals surface area contributed by atoms with E-state index in [1.54, 1.807) is 13.0 Å². The summed E-state index contributed by atoms with van der Waals surface area (Å²) < 4.78 is 13.6. The Labute approximate surface area is 116 Å². The molecule has 0 bridgehead atoms. The van der Waals surface area contributed by atoms with E-state index in [0.717, 1.165) is 18.7 Å². The van der Waals surface area contributed by atoms with Crippen molar-refractivity contribution in [3.8, 4) is 0 Å². The number of rotatable bonds is 4. The summed E-state index contributed by atoms with van der Waals surface area (Å²) >= 11 is 0. The van der Waals surface area contributed by atoms with Crippen LogP contribution in [0.25, 0.3) is 0 Å². The monoisotopic (exact) mass is 264 g/mol. The van der Waals surface area contributed by atoms with Gasteiger partial charge in [0, 0.05) is 18.6 Å². The normalized spacial score (nSPS) is 21.6. The lowest BCUT2D eigenvalue weighted by atomic mass is 10.0. The minimum Gasteiger partial charge on any atom is -0.313 e. The van der Waals surface area contributed by atoms with Crippen molar-refractivity contribution in [2.45, 2.75) is 45.2 Å². The first kappa shape index (κ1) is 14.5. The highest BCUT2D eigenvalue weighted by molar-refractivity contribution is 5.25. The number of benzene rings is 1. The van der Waals surface area contributed by atoms with Crippen LogP contribution in [0.3, 0.4) is 0 Å². The highest BCUT2D eigenvalue weighted by atomic mass is 19.1. The first-order valence-corrected chi connectivity index (χ1v) is 7.27. The maximum atomic E-state index is 13.6. The predicted octanol–water partition coefficient (Wildman–Crippen LogP) is 3.27. The van der Waals surface area contributed by atoms with Gasteiger partial charge in [0.2, 0.25) is 0 Å². The van der Waals surface area contributed by atoms with Crippen LogP contribution in [0.1, 0.15) is 43.4 Å². The third kappa shape index (κ3) is 3.77. The van der Waals surface area contributed by atoms with E-state index < -0.39 is 0 Å². The molecule has 19 heavy (non-hydrogen) atoms. The molecule has 2 atom stereocenters. The van der Waals surface area contributed by atoms with E-state index in [4.69, 9.17) is 0 Å². The minimum atomic E-state index is -0.103. The smallest absolute Gasteiger partial charge is 0.126 e. The summed E-state index contributed by atoms with van der Waals surface area (Å²) in [6.45, 7) is 6.11. The zero-order valence-electron chi connectivity index (χ0n) is 12.2. The highest BCUT2D eigenvalue weighted by Crippen LogP contribution is 2.22. The molecule has 0 saturated carbocycles. The van der Waals surface area contributed by atoms with E-state index in [1.165, 1.54) is 19.3 Å². The number of aryl methyl sites for hydroxylation is 1. The fourth-order valence-corrected chi connectivity index (χ4v) is 2.71. The van der Waals surface area contributed by atoms with Crippen molar-refractivity contribution >= 4 is 0 Å². The van der Waals surface area contributed by atoms with Crippen LogP contribution in [0.15, 0.2) is 18.2 Å². The van der Waals surface area contributed by atoms with Gasteiger partial charge in [-0.1, -0.05) is 18.6 Å². The highest BCUT2D eigenvalue weighted by Gasteiger charge is 2.19. The number of halogens is 1.